The van der Waals surface area contributed by atoms with E-state index in [1.165, 1.54) is 53.0 Å². The van der Waals surface area contributed by atoms with Crippen LogP contribution < -0.4 is 4.90 Å². The minimum atomic E-state index is 0.376. The van der Waals surface area contributed by atoms with Crippen molar-refractivity contribution in [1.29, 1.82) is 0 Å². The van der Waals surface area contributed by atoms with Gasteiger partial charge in [0.25, 0.3) is 0 Å². The van der Waals surface area contributed by atoms with Gasteiger partial charge in [0, 0.05) is 28.9 Å². The number of nitrogens with zero attached hydrogens (tertiary/aromatic N) is 1. The maximum Gasteiger partial charge on any atom is 0.0461 e. The van der Waals surface area contributed by atoms with Crippen molar-refractivity contribution in [3.05, 3.63) is 155 Å². The normalized spacial score (nSPS) is 21.6. The smallest absolute Gasteiger partial charge is 0.0461 e. The molecule has 0 bridgehead atoms. The zero-order valence-electron chi connectivity index (χ0n) is 22.0. The fourth-order valence-corrected chi connectivity index (χ4v) is 6.61. The van der Waals surface area contributed by atoms with Gasteiger partial charge in [-0.1, -0.05) is 96.6 Å². The van der Waals surface area contributed by atoms with Crippen molar-refractivity contribution in [3.8, 4) is 11.1 Å². The van der Waals surface area contributed by atoms with E-state index in [2.05, 4.69) is 133 Å². The Labute approximate surface area is 226 Å². The van der Waals surface area contributed by atoms with E-state index in [1.54, 1.807) is 22.3 Å². The summed E-state index contributed by atoms with van der Waals surface area (Å²) >= 11 is 0. The molecule has 3 aromatic rings. The molecule has 186 valence electrons. The molecule has 2 atom stereocenters. The highest BCUT2D eigenvalue weighted by Crippen LogP contribution is 2.49. The fraction of sp³-hybridized carbons (Fsp3) is 0.189. The summed E-state index contributed by atoms with van der Waals surface area (Å²) in [5.41, 5.74) is 13.7. The largest absolute Gasteiger partial charge is 0.311 e. The van der Waals surface area contributed by atoms with Crippen molar-refractivity contribution in [2.45, 2.75) is 32.6 Å². The van der Waals surface area contributed by atoms with Crippen molar-refractivity contribution in [1.82, 2.24) is 0 Å². The quantitative estimate of drug-likeness (QED) is 0.351. The van der Waals surface area contributed by atoms with Crippen LogP contribution in [0, 0.1) is 18.8 Å². The molecular formula is C37H33N. The molecular weight excluding hydrogens is 458 g/mol. The van der Waals surface area contributed by atoms with Crippen LogP contribution in [0.15, 0.2) is 149 Å². The third-order valence-corrected chi connectivity index (χ3v) is 8.49. The predicted octanol–water partition coefficient (Wildman–Crippen LogP) is 9.79. The van der Waals surface area contributed by atoms with E-state index in [0.717, 1.165) is 6.42 Å². The summed E-state index contributed by atoms with van der Waals surface area (Å²) in [6.45, 7) is 2.14. The molecule has 0 fully saturated rings. The van der Waals surface area contributed by atoms with E-state index in [-0.39, 0.29) is 0 Å². The molecule has 0 radical (unpaired) electrons. The van der Waals surface area contributed by atoms with E-state index in [4.69, 9.17) is 0 Å². The monoisotopic (exact) mass is 491 g/mol. The molecule has 7 rings (SSSR count). The lowest BCUT2D eigenvalue weighted by atomic mass is 9.66. The first-order chi connectivity index (χ1) is 18.8. The predicted molar refractivity (Wildman–Crippen MR) is 160 cm³/mol. The number of aryl methyl sites for hydroxylation is 1. The zero-order chi connectivity index (χ0) is 25.5. The minimum absolute atomic E-state index is 0.376. The highest BCUT2D eigenvalue weighted by atomic mass is 15.1. The first kappa shape index (κ1) is 23.0. The molecule has 38 heavy (non-hydrogen) atoms. The standard InChI is InChI=1S/C37H33N/c1-26-15-17-27(18-16-26)28-19-21-30(22-20-28)38(29-9-3-2-4-10-29)31-23-24-36-34-13-6-5-11-32(34)33-12-7-8-14-35(33)37(36)25-31/h2-4,6,8-10,13-25,36-37H,5,7,11-12H2,1H3. The van der Waals surface area contributed by atoms with Crippen molar-refractivity contribution in [3.63, 3.8) is 0 Å². The van der Waals surface area contributed by atoms with Gasteiger partial charge in [-0.3, -0.25) is 0 Å². The van der Waals surface area contributed by atoms with Gasteiger partial charge in [0.15, 0.2) is 0 Å². The van der Waals surface area contributed by atoms with E-state index >= 15 is 0 Å². The Morgan fingerprint density at radius 2 is 1.18 bits per heavy atom. The molecule has 4 aliphatic rings. The number of hydrogen-bond donors (Lipinski definition) is 0. The summed E-state index contributed by atoms with van der Waals surface area (Å²) in [6, 6.07) is 28.6. The molecule has 0 amide bonds. The van der Waals surface area contributed by atoms with Crippen molar-refractivity contribution in [2.75, 3.05) is 4.90 Å². The van der Waals surface area contributed by atoms with Crippen LogP contribution in [0.25, 0.3) is 11.1 Å². The van der Waals surface area contributed by atoms with Crippen LogP contribution in [0.1, 0.15) is 31.2 Å². The van der Waals surface area contributed by atoms with E-state index in [1.807, 2.05) is 0 Å². The molecule has 4 aliphatic carbocycles. The number of fused-ring (bicyclic) bond motifs is 4. The molecule has 2 unspecified atom stereocenters. The SMILES string of the molecule is Cc1ccc(-c2ccc(N(C3=CC4C5=C(CCC=C5)C5=C(C=CCC5)C4C=C3)c3ccccc3)cc2)cc1. The second-order valence-corrected chi connectivity index (χ2v) is 10.8. The first-order valence-corrected chi connectivity index (χ1v) is 14.0. The van der Waals surface area contributed by atoms with Gasteiger partial charge in [-0.05, 0) is 96.4 Å². The first-order valence-electron chi connectivity index (χ1n) is 14.0. The number of benzene rings is 3. The minimum Gasteiger partial charge on any atom is -0.311 e. The van der Waals surface area contributed by atoms with Crippen molar-refractivity contribution < 1.29 is 0 Å². The fourth-order valence-electron chi connectivity index (χ4n) is 6.61. The Morgan fingerprint density at radius 3 is 1.84 bits per heavy atom. The lowest BCUT2D eigenvalue weighted by Crippen LogP contribution is -2.28. The Kier molecular flexibility index (Phi) is 5.85. The highest BCUT2D eigenvalue weighted by molar-refractivity contribution is 5.74. The molecule has 0 heterocycles. The number of anilines is 2. The van der Waals surface area contributed by atoms with Crippen molar-refractivity contribution in [2.24, 2.45) is 11.8 Å². The van der Waals surface area contributed by atoms with E-state index < -0.39 is 0 Å². The zero-order valence-corrected chi connectivity index (χ0v) is 22.0. The molecule has 1 heteroatoms. The third-order valence-electron chi connectivity index (χ3n) is 8.49. The number of para-hydroxylation sites is 1. The Morgan fingerprint density at radius 1 is 0.605 bits per heavy atom. The summed E-state index contributed by atoms with van der Waals surface area (Å²) in [7, 11) is 0. The van der Waals surface area contributed by atoms with Gasteiger partial charge < -0.3 is 4.90 Å². The van der Waals surface area contributed by atoms with Crippen LogP contribution in [0.5, 0.6) is 0 Å². The van der Waals surface area contributed by atoms with Gasteiger partial charge in [-0.15, -0.1) is 0 Å². The maximum atomic E-state index is 2.53. The molecule has 0 N–H and O–H groups in total. The molecule has 0 aromatic heterocycles. The van der Waals surface area contributed by atoms with Crippen LogP contribution in [0.4, 0.5) is 11.4 Å². The summed E-state index contributed by atoms with van der Waals surface area (Å²) in [5.74, 6) is 0.800. The molecule has 3 aromatic carbocycles. The van der Waals surface area contributed by atoms with Gasteiger partial charge >= 0.3 is 0 Å². The second-order valence-electron chi connectivity index (χ2n) is 10.8. The van der Waals surface area contributed by atoms with Crippen LogP contribution in [-0.4, -0.2) is 0 Å². The molecule has 0 aliphatic heterocycles. The van der Waals surface area contributed by atoms with E-state index in [9.17, 15) is 0 Å². The van der Waals surface area contributed by atoms with Crippen LogP contribution >= 0.6 is 0 Å². The highest BCUT2D eigenvalue weighted by Gasteiger charge is 2.36. The van der Waals surface area contributed by atoms with Gasteiger partial charge in [0.05, 0.1) is 0 Å². The third kappa shape index (κ3) is 4.03. The number of hydrogen-bond acceptors (Lipinski definition) is 1. The van der Waals surface area contributed by atoms with Crippen LogP contribution in [-0.2, 0) is 0 Å². The summed E-state index contributed by atoms with van der Waals surface area (Å²) < 4.78 is 0. The van der Waals surface area contributed by atoms with Crippen LogP contribution in [0.2, 0.25) is 0 Å². The average Bonchev–Trinajstić information content (AvgIpc) is 2.99. The van der Waals surface area contributed by atoms with Crippen LogP contribution in [0.3, 0.4) is 0 Å². The lowest BCUT2D eigenvalue weighted by Gasteiger charge is -2.40. The molecule has 1 nitrogen and oxygen atoms in total. The molecule has 0 saturated carbocycles. The van der Waals surface area contributed by atoms with Gasteiger partial charge in [0.1, 0.15) is 0 Å². The number of rotatable bonds is 4. The second kappa shape index (κ2) is 9.65. The Balaban J connectivity index is 1.30. The summed E-state index contributed by atoms with van der Waals surface area (Å²) in [5, 5.41) is 0. The lowest BCUT2D eigenvalue weighted by molar-refractivity contribution is 0.575. The summed E-state index contributed by atoms with van der Waals surface area (Å²) in [6.07, 6.45) is 21.6. The van der Waals surface area contributed by atoms with Gasteiger partial charge in [-0.2, -0.15) is 0 Å². The van der Waals surface area contributed by atoms with Gasteiger partial charge in [-0.25, -0.2) is 0 Å². The maximum absolute atomic E-state index is 2.53. The van der Waals surface area contributed by atoms with Crippen molar-refractivity contribution >= 4 is 11.4 Å². The molecule has 0 saturated heterocycles. The molecule has 0 spiro atoms. The number of allylic oxidation sites excluding steroid dienone is 11. The van der Waals surface area contributed by atoms with E-state index in [0.29, 0.717) is 11.8 Å². The van der Waals surface area contributed by atoms with Gasteiger partial charge in [0.2, 0.25) is 0 Å². The summed E-state index contributed by atoms with van der Waals surface area (Å²) in [4.78, 5) is 2.42. The average molecular weight is 492 g/mol. The topological polar surface area (TPSA) is 3.24 Å². The Bertz CT molecular complexity index is 1540. The Hall–Kier alpha value is -4.10.